The summed E-state index contributed by atoms with van der Waals surface area (Å²) in [6.07, 6.45) is 76.5. The van der Waals surface area contributed by atoms with Gasteiger partial charge >= 0.3 is 17.9 Å². The molecule has 0 N–H and O–H groups in total. The fourth-order valence-corrected chi connectivity index (χ4v) is 7.58. The predicted octanol–water partition coefficient (Wildman–Crippen LogP) is 19.1. The molecular formula is C63H104O6. The van der Waals surface area contributed by atoms with Crippen LogP contribution in [0.2, 0.25) is 0 Å². The number of ether oxygens (including phenoxy) is 3. The highest BCUT2D eigenvalue weighted by Gasteiger charge is 2.19. The Balaban J connectivity index is 4.41. The number of carbonyl (C=O) groups is 3. The van der Waals surface area contributed by atoms with Crippen molar-refractivity contribution in [1.82, 2.24) is 0 Å². The fraction of sp³-hybridized carbons (Fsp3) is 0.667. The van der Waals surface area contributed by atoms with Crippen LogP contribution in [0.25, 0.3) is 0 Å². The van der Waals surface area contributed by atoms with E-state index in [0.717, 1.165) is 135 Å². The van der Waals surface area contributed by atoms with E-state index in [4.69, 9.17) is 14.2 Å². The van der Waals surface area contributed by atoms with E-state index in [1.165, 1.54) is 77.0 Å². The normalized spacial score (nSPS) is 12.9. The van der Waals surface area contributed by atoms with Crippen molar-refractivity contribution >= 4 is 17.9 Å². The van der Waals surface area contributed by atoms with Crippen LogP contribution in [0.15, 0.2) is 109 Å². The highest BCUT2D eigenvalue weighted by Crippen LogP contribution is 2.15. The first-order valence-electron chi connectivity index (χ1n) is 28.4. The third-order valence-corrected chi connectivity index (χ3v) is 11.8. The minimum atomic E-state index is -0.794. The van der Waals surface area contributed by atoms with Gasteiger partial charge in [0, 0.05) is 19.3 Å². The van der Waals surface area contributed by atoms with E-state index in [-0.39, 0.29) is 31.1 Å². The number of allylic oxidation sites excluding steroid dienone is 18. The van der Waals surface area contributed by atoms with Gasteiger partial charge in [0.2, 0.25) is 0 Å². The van der Waals surface area contributed by atoms with E-state index in [0.29, 0.717) is 19.3 Å². The van der Waals surface area contributed by atoms with Gasteiger partial charge in [-0.25, -0.2) is 0 Å². The molecule has 6 heteroatoms. The number of esters is 3. The lowest BCUT2D eigenvalue weighted by atomic mass is 10.1. The summed E-state index contributed by atoms with van der Waals surface area (Å²) in [7, 11) is 0. The zero-order valence-electron chi connectivity index (χ0n) is 44.8. The molecule has 392 valence electrons. The quantitative estimate of drug-likeness (QED) is 0.0262. The molecule has 1 unspecified atom stereocenters. The van der Waals surface area contributed by atoms with Crippen LogP contribution in [0.3, 0.4) is 0 Å². The lowest BCUT2D eigenvalue weighted by molar-refractivity contribution is -0.167. The average Bonchev–Trinajstić information content (AvgIpc) is 3.35. The van der Waals surface area contributed by atoms with Gasteiger partial charge in [0.1, 0.15) is 13.2 Å². The summed E-state index contributed by atoms with van der Waals surface area (Å²) in [6, 6.07) is 0. The van der Waals surface area contributed by atoms with Gasteiger partial charge in [-0.05, 0) is 103 Å². The molecule has 69 heavy (non-hydrogen) atoms. The van der Waals surface area contributed by atoms with Crippen LogP contribution in [-0.4, -0.2) is 37.2 Å². The molecular weight excluding hydrogens is 853 g/mol. The van der Waals surface area contributed by atoms with E-state index in [9.17, 15) is 14.4 Å². The molecule has 0 saturated heterocycles. The highest BCUT2D eigenvalue weighted by atomic mass is 16.6. The number of hydrogen-bond acceptors (Lipinski definition) is 6. The van der Waals surface area contributed by atoms with Gasteiger partial charge in [0.25, 0.3) is 0 Å². The number of rotatable bonds is 50. The van der Waals surface area contributed by atoms with Crippen LogP contribution in [0.1, 0.15) is 252 Å². The number of hydrogen-bond donors (Lipinski definition) is 0. The van der Waals surface area contributed by atoms with Crippen molar-refractivity contribution in [3.63, 3.8) is 0 Å². The summed E-state index contributed by atoms with van der Waals surface area (Å²) in [5.74, 6) is -0.926. The second kappa shape index (κ2) is 56.7. The van der Waals surface area contributed by atoms with Gasteiger partial charge in [-0.2, -0.15) is 0 Å². The Morgan fingerprint density at radius 3 is 0.884 bits per heavy atom. The molecule has 0 aromatic heterocycles. The molecule has 0 aliphatic heterocycles. The lowest BCUT2D eigenvalue weighted by Gasteiger charge is -2.18. The van der Waals surface area contributed by atoms with Gasteiger partial charge < -0.3 is 14.2 Å². The molecule has 0 aliphatic rings. The van der Waals surface area contributed by atoms with Crippen LogP contribution in [0.5, 0.6) is 0 Å². The zero-order valence-corrected chi connectivity index (χ0v) is 44.8. The van der Waals surface area contributed by atoms with Crippen LogP contribution < -0.4 is 0 Å². The zero-order chi connectivity index (χ0) is 50.0. The summed E-state index contributed by atoms with van der Waals surface area (Å²) < 4.78 is 16.8. The van der Waals surface area contributed by atoms with Crippen molar-refractivity contribution in [2.45, 2.75) is 258 Å². The average molecular weight is 958 g/mol. The molecule has 0 amide bonds. The minimum Gasteiger partial charge on any atom is -0.462 e. The van der Waals surface area contributed by atoms with Crippen molar-refractivity contribution in [3.8, 4) is 0 Å². The van der Waals surface area contributed by atoms with Gasteiger partial charge in [-0.15, -0.1) is 0 Å². The van der Waals surface area contributed by atoms with E-state index < -0.39 is 6.10 Å². The Morgan fingerprint density at radius 2 is 0.565 bits per heavy atom. The van der Waals surface area contributed by atoms with Gasteiger partial charge in [0.05, 0.1) is 0 Å². The molecule has 0 aromatic rings. The first-order chi connectivity index (χ1) is 34.0. The second-order valence-electron chi connectivity index (χ2n) is 18.4. The van der Waals surface area contributed by atoms with Crippen LogP contribution in [0, 0.1) is 0 Å². The Labute approximate surface area is 425 Å². The monoisotopic (exact) mass is 957 g/mol. The highest BCUT2D eigenvalue weighted by molar-refractivity contribution is 5.71. The van der Waals surface area contributed by atoms with E-state index >= 15 is 0 Å². The standard InChI is InChI=1S/C63H104O6/c1-4-7-10-13-16-19-22-24-26-28-29-30-31-32-33-35-36-38-41-44-47-50-53-56-62(65)68-59-60(58-67-61(64)55-52-49-46-43-40-21-18-15-12-9-6-3)69-63(66)57-54-51-48-45-42-39-37-34-27-25-23-20-17-14-11-8-5-2/h7-8,10-11,16-17,19-20,24-27,29-30,32-33,36,38,60H,4-6,9,12-15,18,21-23,28,31,34-35,37,39-59H2,1-3H3/b10-7-,11-8-,19-16-,20-17-,26-24-,27-25-,30-29-,33-32-,38-36-. The Bertz CT molecular complexity index is 1420. The molecule has 0 fully saturated rings. The third-order valence-electron chi connectivity index (χ3n) is 11.8. The smallest absolute Gasteiger partial charge is 0.306 e. The number of carbonyl (C=O) groups excluding carboxylic acids is 3. The van der Waals surface area contributed by atoms with Crippen molar-refractivity contribution < 1.29 is 28.6 Å². The van der Waals surface area contributed by atoms with Gasteiger partial charge in [0.15, 0.2) is 6.10 Å². The van der Waals surface area contributed by atoms with Crippen molar-refractivity contribution in [2.24, 2.45) is 0 Å². The maximum atomic E-state index is 12.8. The fourth-order valence-electron chi connectivity index (χ4n) is 7.58. The second-order valence-corrected chi connectivity index (χ2v) is 18.4. The van der Waals surface area contributed by atoms with Crippen molar-refractivity contribution in [2.75, 3.05) is 13.2 Å². The molecule has 0 saturated carbocycles. The van der Waals surface area contributed by atoms with E-state index in [1.54, 1.807) is 0 Å². The summed E-state index contributed by atoms with van der Waals surface area (Å²) >= 11 is 0. The Kier molecular flexibility index (Phi) is 53.4. The largest absolute Gasteiger partial charge is 0.462 e. The summed E-state index contributed by atoms with van der Waals surface area (Å²) in [5.41, 5.74) is 0. The van der Waals surface area contributed by atoms with E-state index in [2.05, 4.69) is 130 Å². The van der Waals surface area contributed by atoms with Crippen LogP contribution in [0.4, 0.5) is 0 Å². The first kappa shape index (κ1) is 65.1. The predicted molar refractivity (Wildman–Crippen MR) is 297 cm³/mol. The Morgan fingerprint density at radius 1 is 0.304 bits per heavy atom. The molecule has 0 heterocycles. The Hall–Kier alpha value is -3.93. The molecule has 0 bridgehead atoms. The van der Waals surface area contributed by atoms with Crippen molar-refractivity contribution in [1.29, 1.82) is 0 Å². The lowest BCUT2D eigenvalue weighted by Crippen LogP contribution is -2.30. The maximum absolute atomic E-state index is 12.8. The topological polar surface area (TPSA) is 78.9 Å². The maximum Gasteiger partial charge on any atom is 0.306 e. The number of unbranched alkanes of at least 4 members (excludes halogenated alkanes) is 21. The summed E-state index contributed by atoms with van der Waals surface area (Å²) in [6.45, 7) is 6.38. The van der Waals surface area contributed by atoms with Crippen LogP contribution >= 0.6 is 0 Å². The molecule has 0 radical (unpaired) electrons. The summed E-state index contributed by atoms with van der Waals surface area (Å²) in [5, 5.41) is 0. The van der Waals surface area contributed by atoms with Crippen LogP contribution in [-0.2, 0) is 28.6 Å². The summed E-state index contributed by atoms with van der Waals surface area (Å²) in [4.78, 5) is 38.1. The van der Waals surface area contributed by atoms with Gasteiger partial charge in [-0.1, -0.05) is 239 Å². The minimum absolute atomic E-state index is 0.0903. The molecule has 0 aromatic carbocycles. The molecule has 0 aliphatic carbocycles. The SMILES string of the molecule is CC/C=C\C/C=C\C/C=C\C/C=C\C/C=C\C/C=C\CCCCCCC(=O)OCC(COC(=O)CCCCCCCCCCCCC)OC(=O)CCCCCCCCC/C=C\C/C=C\C/C=C\CC. The molecule has 6 nitrogen and oxygen atoms in total. The van der Waals surface area contributed by atoms with Gasteiger partial charge in [-0.3, -0.25) is 14.4 Å². The van der Waals surface area contributed by atoms with E-state index in [1.807, 2.05) is 0 Å². The third kappa shape index (κ3) is 54.9. The first-order valence-corrected chi connectivity index (χ1v) is 28.4. The molecule has 1 atom stereocenters. The molecule has 0 spiro atoms. The van der Waals surface area contributed by atoms with Crippen molar-refractivity contribution in [3.05, 3.63) is 109 Å². The molecule has 0 rings (SSSR count).